The van der Waals surface area contributed by atoms with E-state index in [2.05, 4.69) is 75.8 Å². The summed E-state index contributed by atoms with van der Waals surface area (Å²) in [6.45, 7) is 6.89. The number of aromatic nitrogens is 2. The van der Waals surface area contributed by atoms with E-state index in [-0.39, 0.29) is 15.9 Å². The maximum atomic E-state index is 4.62. The highest BCUT2D eigenvalue weighted by atomic mass is 15.3. The summed E-state index contributed by atoms with van der Waals surface area (Å²) in [6.07, 6.45) is 4.34. The van der Waals surface area contributed by atoms with Gasteiger partial charge in [-0.1, -0.05) is 27.2 Å². The standard InChI is InChI=1S/C11H25B5N2/c1-4-6-9(2,3)8-5-7-17-18(8)11(15,16)10(12,13)14/h5,7H,4,6,12-16H2,1-3H3. The smallest absolute Gasteiger partial charge is 0.124 e. The zero-order chi connectivity index (χ0) is 14.2. The summed E-state index contributed by atoms with van der Waals surface area (Å²) in [6, 6.07) is 2.18. The Morgan fingerprint density at radius 2 is 1.72 bits per heavy atom. The Balaban J connectivity index is 3.26. The molecule has 94 valence electrons. The summed E-state index contributed by atoms with van der Waals surface area (Å²) in [5.74, 6) is 0. The largest absolute Gasteiger partial charge is 0.281 e. The zero-order valence-electron chi connectivity index (χ0n) is 13.5. The summed E-state index contributed by atoms with van der Waals surface area (Å²) >= 11 is 0. The third-order valence-electron chi connectivity index (χ3n) is 4.58. The zero-order valence-corrected chi connectivity index (χ0v) is 13.5. The molecule has 0 unspecified atom stereocenters. The Labute approximate surface area is 117 Å². The summed E-state index contributed by atoms with van der Waals surface area (Å²) < 4.78 is 2.24. The van der Waals surface area contributed by atoms with Gasteiger partial charge in [0.25, 0.3) is 0 Å². The highest BCUT2D eigenvalue weighted by Crippen LogP contribution is 2.35. The lowest BCUT2D eigenvalue weighted by Gasteiger charge is -2.43. The minimum Gasteiger partial charge on any atom is -0.281 e. The summed E-state index contributed by atoms with van der Waals surface area (Å²) in [5, 5.41) is 4.81. The lowest BCUT2D eigenvalue weighted by molar-refractivity contribution is 0.398. The minimum atomic E-state index is 0.0108. The van der Waals surface area contributed by atoms with Gasteiger partial charge in [-0.15, -0.1) is 5.11 Å². The molecule has 0 spiro atoms. The highest BCUT2D eigenvalue weighted by molar-refractivity contribution is 6.66. The third-order valence-corrected chi connectivity index (χ3v) is 4.58. The Morgan fingerprint density at radius 3 is 2.17 bits per heavy atom. The SMILES string of the molecule is BC(B)(B)C(B)(B)n1nccc1C(C)(C)CCC. The van der Waals surface area contributed by atoms with Crippen molar-refractivity contribution >= 4 is 39.2 Å². The van der Waals surface area contributed by atoms with Crippen LogP contribution in [-0.2, 0) is 10.8 Å². The van der Waals surface area contributed by atoms with Crippen LogP contribution in [0.3, 0.4) is 0 Å². The fraction of sp³-hybridized carbons (Fsp3) is 0.727. The van der Waals surface area contributed by atoms with Gasteiger partial charge in [-0.3, -0.25) is 4.68 Å². The second-order valence-electron chi connectivity index (χ2n) is 7.57. The second kappa shape index (κ2) is 4.90. The second-order valence-corrected chi connectivity index (χ2v) is 7.57. The van der Waals surface area contributed by atoms with E-state index >= 15 is 0 Å². The molecule has 1 aromatic rings. The van der Waals surface area contributed by atoms with Crippen molar-refractivity contribution in [1.29, 1.82) is 0 Å². The molecule has 1 rings (SSSR count). The van der Waals surface area contributed by atoms with Crippen LogP contribution in [-0.4, -0.2) is 49.0 Å². The molecule has 0 aliphatic carbocycles. The molecular formula is C11H25B5N2. The fourth-order valence-corrected chi connectivity index (χ4v) is 2.33. The van der Waals surface area contributed by atoms with Crippen LogP contribution in [0.5, 0.6) is 0 Å². The van der Waals surface area contributed by atoms with E-state index in [0.717, 1.165) is 0 Å². The minimum absolute atomic E-state index is 0.0108. The molecule has 0 saturated heterocycles. The van der Waals surface area contributed by atoms with Crippen molar-refractivity contribution in [3.05, 3.63) is 18.0 Å². The molecule has 0 amide bonds. The molecule has 0 N–H and O–H groups in total. The molecule has 0 aromatic carbocycles. The van der Waals surface area contributed by atoms with E-state index in [1.807, 2.05) is 6.20 Å². The van der Waals surface area contributed by atoms with E-state index in [1.54, 1.807) is 0 Å². The van der Waals surface area contributed by atoms with Gasteiger partial charge in [0, 0.05) is 17.3 Å². The van der Waals surface area contributed by atoms with Gasteiger partial charge in [0.05, 0.1) is 23.5 Å². The first-order valence-electron chi connectivity index (χ1n) is 7.09. The number of rotatable bonds is 5. The molecular weight excluding hydrogens is 214 g/mol. The first-order chi connectivity index (χ1) is 8.04. The van der Waals surface area contributed by atoms with Crippen LogP contribution < -0.4 is 0 Å². The van der Waals surface area contributed by atoms with Gasteiger partial charge in [0.1, 0.15) is 15.7 Å². The molecule has 2 nitrogen and oxygen atoms in total. The van der Waals surface area contributed by atoms with Gasteiger partial charge in [-0.05, 0) is 17.8 Å². The lowest BCUT2D eigenvalue weighted by Crippen LogP contribution is -2.50. The van der Waals surface area contributed by atoms with Crippen LogP contribution in [0.4, 0.5) is 0 Å². The van der Waals surface area contributed by atoms with Crippen molar-refractivity contribution in [2.24, 2.45) is 0 Å². The van der Waals surface area contributed by atoms with Crippen LogP contribution in [0, 0.1) is 0 Å². The van der Waals surface area contributed by atoms with Gasteiger partial charge < -0.3 is 0 Å². The Bertz CT molecular complexity index is 406. The maximum absolute atomic E-state index is 4.62. The van der Waals surface area contributed by atoms with Gasteiger partial charge in [0.15, 0.2) is 0 Å². The lowest BCUT2D eigenvalue weighted by atomic mass is 9.26. The van der Waals surface area contributed by atoms with Gasteiger partial charge in [-0.25, -0.2) is 0 Å². The monoisotopic (exact) mass is 240 g/mol. The summed E-state index contributed by atoms with van der Waals surface area (Å²) in [7, 11) is 11.4. The van der Waals surface area contributed by atoms with Crippen molar-refractivity contribution in [3.8, 4) is 0 Å². The van der Waals surface area contributed by atoms with Gasteiger partial charge >= 0.3 is 0 Å². The molecule has 0 bridgehead atoms. The normalized spacial score (nSPS) is 13.7. The average molecular weight is 239 g/mol. The van der Waals surface area contributed by atoms with Crippen LogP contribution in [0.25, 0.3) is 0 Å². The first kappa shape index (κ1) is 15.6. The van der Waals surface area contributed by atoms with E-state index in [1.165, 1.54) is 18.5 Å². The number of hydrogen-bond donors (Lipinski definition) is 0. The molecule has 0 aliphatic rings. The highest BCUT2D eigenvalue weighted by Gasteiger charge is 2.38. The predicted molar refractivity (Wildman–Crippen MR) is 93.5 cm³/mol. The predicted octanol–water partition coefficient (Wildman–Crippen LogP) is -2.19. The van der Waals surface area contributed by atoms with E-state index in [0.29, 0.717) is 0 Å². The van der Waals surface area contributed by atoms with Crippen molar-refractivity contribution in [1.82, 2.24) is 9.78 Å². The number of nitrogens with zero attached hydrogens (tertiary/aromatic N) is 2. The maximum Gasteiger partial charge on any atom is 0.124 e. The Morgan fingerprint density at radius 1 is 1.17 bits per heavy atom. The number of hydrogen-bond acceptors (Lipinski definition) is 1. The van der Waals surface area contributed by atoms with Crippen molar-refractivity contribution < 1.29 is 0 Å². The van der Waals surface area contributed by atoms with Crippen molar-refractivity contribution in [2.45, 2.75) is 49.5 Å². The van der Waals surface area contributed by atoms with Crippen molar-refractivity contribution in [3.63, 3.8) is 0 Å². The molecule has 0 fully saturated rings. The van der Waals surface area contributed by atoms with Crippen molar-refractivity contribution in [2.75, 3.05) is 0 Å². The molecule has 0 atom stereocenters. The summed E-state index contributed by atoms with van der Waals surface area (Å²) in [5.41, 5.74) is 1.54. The molecule has 1 aromatic heterocycles. The third kappa shape index (κ3) is 2.75. The average Bonchev–Trinajstić information content (AvgIpc) is 2.64. The Hall–Kier alpha value is -0.465. The molecule has 0 saturated carbocycles. The van der Waals surface area contributed by atoms with Crippen LogP contribution in [0.15, 0.2) is 12.3 Å². The summed E-state index contributed by atoms with van der Waals surface area (Å²) in [4.78, 5) is 0. The van der Waals surface area contributed by atoms with Crippen LogP contribution in [0.2, 0.25) is 5.11 Å². The topological polar surface area (TPSA) is 17.8 Å². The molecule has 1 heterocycles. The quantitative estimate of drug-likeness (QED) is 0.534. The fourth-order valence-electron chi connectivity index (χ4n) is 2.33. The molecule has 7 heteroatoms. The van der Waals surface area contributed by atoms with E-state index < -0.39 is 0 Å². The molecule has 0 radical (unpaired) electrons. The Kier molecular flexibility index (Phi) is 4.24. The first-order valence-corrected chi connectivity index (χ1v) is 7.09. The van der Waals surface area contributed by atoms with Crippen LogP contribution in [0.1, 0.15) is 39.3 Å². The van der Waals surface area contributed by atoms with Gasteiger partial charge in [0.2, 0.25) is 0 Å². The van der Waals surface area contributed by atoms with E-state index in [9.17, 15) is 0 Å². The molecule has 18 heavy (non-hydrogen) atoms. The van der Waals surface area contributed by atoms with Crippen LogP contribution >= 0.6 is 0 Å². The van der Waals surface area contributed by atoms with Gasteiger partial charge in [-0.2, -0.15) is 5.10 Å². The molecule has 0 aliphatic heterocycles. The van der Waals surface area contributed by atoms with E-state index in [4.69, 9.17) is 0 Å².